The molecule has 0 fully saturated rings. The zero-order valence-corrected chi connectivity index (χ0v) is 7.16. The van der Waals surface area contributed by atoms with Crippen molar-refractivity contribution in [3.8, 4) is 0 Å². The molecule has 0 spiro atoms. The maximum atomic E-state index is 10.6. The monoisotopic (exact) mass is 174 g/mol. The Kier molecular flexibility index (Phi) is 6.41. The number of ether oxygens (including phenoxy) is 1. The van der Waals surface area contributed by atoms with Crippen LogP contribution in [0.15, 0.2) is 0 Å². The second kappa shape index (κ2) is 6.87. The van der Waals surface area contributed by atoms with E-state index < -0.39 is 6.09 Å². The van der Waals surface area contributed by atoms with E-state index in [2.05, 4.69) is 11.7 Å². The van der Waals surface area contributed by atoms with E-state index in [1.165, 1.54) is 0 Å². The number of carbonyl (C=O) groups excluding carboxylic acids is 1. The molecule has 0 atom stereocenters. The minimum atomic E-state index is -0.704. The van der Waals surface area contributed by atoms with Gasteiger partial charge in [0.25, 0.3) is 0 Å². The Bertz CT molecular complexity index is 128. The zero-order chi connectivity index (χ0) is 9.40. The molecule has 0 aliphatic heterocycles. The van der Waals surface area contributed by atoms with E-state index in [4.69, 9.17) is 11.7 Å². The summed E-state index contributed by atoms with van der Waals surface area (Å²) in [6.45, 7) is 4.06. The first-order chi connectivity index (χ1) is 5.68. The molecule has 5 nitrogen and oxygen atoms in total. The molecule has 0 saturated carbocycles. The van der Waals surface area contributed by atoms with Gasteiger partial charge in [0.1, 0.15) is 0 Å². The number of unbranched alkanes of at least 4 members (excludes halogenated alkanes) is 3. The molecule has 0 aromatic heterocycles. The van der Waals surface area contributed by atoms with Crippen LogP contribution in [0, 0.1) is 6.92 Å². The lowest BCUT2D eigenvalue weighted by Gasteiger charge is -2.09. The second-order valence-corrected chi connectivity index (χ2v) is 2.44. The van der Waals surface area contributed by atoms with E-state index in [0.717, 1.165) is 25.7 Å². The van der Waals surface area contributed by atoms with Crippen molar-refractivity contribution < 1.29 is 9.53 Å². The van der Waals surface area contributed by atoms with Crippen molar-refractivity contribution in [3.05, 3.63) is 6.92 Å². The predicted molar refractivity (Wildman–Crippen MR) is 45.4 cm³/mol. The van der Waals surface area contributed by atoms with E-state index in [1.807, 2.05) is 0 Å². The summed E-state index contributed by atoms with van der Waals surface area (Å²) in [4.78, 5) is 10.6. The summed E-state index contributed by atoms with van der Waals surface area (Å²) < 4.78 is 4.67. The molecule has 0 aliphatic rings. The van der Waals surface area contributed by atoms with Crippen LogP contribution in [0.25, 0.3) is 0 Å². The molecule has 1 amide bonds. The fraction of sp³-hybridized carbons (Fsp3) is 0.714. The van der Waals surface area contributed by atoms with E-state index in [1.54, 1.807) is 0 Å². The molecule has 1 radical (unpaired) electrons. The molecule has 0 bridgehead atoms. The quantitative estimate of drug-likeness (QED) is 0.276. The molecule has 5 heteroatoms. The Balaban J connectivity index is 3.14. The summed E-state index contributed by atoms with van der Waals surface area (Å²) in [6, 6.07) is 0. The van der Waals surface area contributed by atoms with Crippen LogP contribution in [-0.4, -0.2) is 17.8 Å². The number of nitrogens with zero attached hydrogens (tertiary/aromatic N) is 1. The fourth-order valence-electron chi connectivity index (χ4n) is 0.690. The summed E-state index contributed by atoms with van der Waals surface area (Å²) in [5, 5.41) is 0.432. The average molecular weight is 174 g/mol. The second-order valence-electron chi connectivity index (χ2n) is 2.44. The molecule has 0 aliphatic carbocycles. The number of carbonyl (C=O) groups is 1. The number of rotatable bonds is 5. The first kappa shape index (κ1) is 11.2. The van der Waals surface area contributed by atoms with Gasteiger partial charge in [-0.15, -0.1) is 0 Å². The Morgan fingerprint density at radius 1 is 1.33 bits per heavy atom. The van der Waals surface area contributed by atoms with Crippen molar-refractivity contribution >= 4 is 6.09 Å². The minimum Gasteiger partial charge on any atom is -0.448 e. The standard InChI is InChI=1S/C7H16N3O2/c1-2-3-4-5-6-12-7(11)10(8)9/h1-6,8-9H2. The van der Waals surface area contributed by atoms with Gasteiger partial charge in [-0.3, -0.25) is 0 Å². The first-order valence-electron chi connectivity index (χ1n) is 3.94. The molecule has 0 aromatic rings. The summed E-state index contributed by atoms with van der Waals surface area (Å²) in [6.07, 6.45) is 3.09. The van der Waals surface area contributed by atoms with E-state index >= 15 is 0 Å². The number of nitrogens with two attached hydrogens (primary N) is 2. The number of hydrogen-bond donors (Lipinski definition) is 2. The highest BCUT2D eigenvalue weighted by molar-refractivity contribution is 5.65. The highest BCUT2D eigenvalue weighted by atomic mass is 16.6. The molecule has 4 N–H and O–H groups in total. The third-order valence-electron chi connectivity index (χ3n) is 1.33. The van der Waals surface area contributed by atoms with Gasteiger partial charge in [0.05, 0.1) is 6.61 Å². The lowest BCUT2D eigenvalue weighted by atomic mass is 10.2. The summed E-state index contributed by atoms with van der Waals surface area (Å²) in [7, 11) is 0. The third-order valence-corrected chi connectivity index (χ3v) is 1.33. The molecule has 0 rings (SSSR count). The van der Waals surface area contributed by atoms with Crippen molar-refractivity contribution in [2.45, 2.75) is 25.7 Å². The van der Waals surface area contributed by atoms with Gasteiger partial charge in [-0.25, -0.2) is 16.5 Å². The number of hydrazine groups is 2. The Labute approximate surface area is 72.6 Å². The molecule has 0 heterocycles. The van der Waals surface area contributed by atoms with Crippen LogP contribution in [0.1, 0.15) is 25.7 Å². The summed E-state index contributed by atoms with van der Waals surface area (Å²) >= 11 is 0. The molecule has 71 valence electrons. The van der Waals surface area contributed by atoms with Crippen molar-refractivity contribution in [1.29, 1.82) is 0 Å². The van der Waals surface area contributed by atoms with Crippen LogP contribution in [0.3, 0.4) is 0 Å². The minimum absolute atomic E-state index is 0.365. The molecule has 0 unspecified atom stereocenters. The van der Waals surface area contributed by atoms with Crippen LogP contribution >= 0.6 is 0 Å². The van der Waals surface area contributed by atoms with Crippen molar-refractivity contribution in [2.75, 3.05) is 6.61 Å². The molecular weight excluding hydrogens is 158 g/mol. The Hall–Kier alpha value is -0.810. The maximum Gasteiger partial charge on any atom is 0.439 e. The molecule has 12 heavy (non-hydrogen) atoms. The average Bonchev–Trinajstić information content (AvgIpc) is 2.03. The topological polar surface area (TPSA) is 81.6 Å². The zero-order valence-electron chi connectivity index (χ0n) is 7.16. The van der Waals surface area contributed by atoms with E-state index in [-0.39, 0.29) is 0 Å². The van der Waals surface area contributed by atoms with Gasteiger partial charge in [-0.1, -0.05) is 26.2 Å². The summed E-state index contributed by atoms with van der Waals surface area (Å²) in [5.74, 6) is 9.81. The van der Waals surface area contributed by atoms with Crippen LogP contribution in [0.4, 0.5) is 4.79 Å². The number of hydrogen-bond acceptors (Lipinski definition) is 4. The Morgan fingerprint density at radius 3 is 2.50 bits per heavy atom. The lowest BCUT2D eigenvalue weighted by Crippen LogP contribution is -2.43. The van der Waals surface area contributed by atoms with Gasteiger partial charge in [0.2, 0.25) is 0 Å². The molecular formula is C7H16N3O2. The summed E-state index contributed by atoms with van der Waals surface area (Å²) in [5.41, 5.74) is 0. The normalized spacial score (nSPS) is 9.58. The SMILES string of the molecule is [CH2]CCCCCOC(=O)N(N)N. The van der Waals surface area contributed by atoms with Gasteiger partial charge in [-0.05, 0) is 6.42 Å². The molecule has 0 aromatic carbocycles. The van der Waals surface area contributed by atoms with Crippen LogP contribution in [0.2, 0.25) is 0 Å². The largest absolute Gasteiger partial charge is 0.448 e. The van der Waals surface area contributed by atoms with Gasteiger partial charge in [-0.2, -0.15) is 5.12 Å². The van der Waals surface area contributed by atoms with Crippen molar-refractivity contribution in [3.63, 3.8) is 0 Å². The van der Waals surface area contributed by atoms with E-state index in [0.29, 0.717) is 11.7 Å². The number of amides is 1. The maximum absolute atomic E-state index is 10.6. The third kappa shape index (κ3) is 5.94. The predicted octanol–water partition coefficient (Wildman–Crippen LogP) is 0.567. The lowest BCUT2D eigenvalue weighted by molar-refractivity contribution is 0.101. The van der Waals surface area contributed by atoms with Crippen LogP contribution in [-0.2, 0) is 4.74 Å². The van der Waals surface area contributed by atoms with E-state index in [9.17, 15) is 4.79 Å². The van der Waals surface area contributed by atoms with Gasteiger partial charge < -0.3 is 4.74 Å². The van der Waals surface area contributed by atoms with Gasteiger partial charge in [0.15, 0.2) is 0 Å². The Morgan fingerprint density at radius 2 is 2.00 bits per heavy atom. The van der Waals surface area contributed by atoms with Crippen LogP contribution in [0.5, 0.6) is 0 Å². The molecule has 0 saturated heterocycles. The highest BCUT2D eigenvalue weighted by Gasteiger charge is 2.04. The fourth-order valence-corrected chi connectivity index (χ4v) is 0.690. The van der Waals surface area contributed by atoms with Gasteiger partial charge in [0, 0.05) is 0 Å². The smallest absolute Gasteiger partial charge is 0.439 e. The van der Waals surface area contributed by atoms with Crippen LogP contribution < -0.4 is 11.7 Å². The van der Waals surface area contributed by atoms with Crippen molar-refractivity contribution in [1.82, 2.24) is 5.12 Å². The first-order valence-corrected chi connectivity index (χ1v) is 3.94. The highest BCUT2D eigenvalue weighted by Crippen LogP contribution is 1.98. The van der Waals surface area contributed by atoms with Gasteiger partial charge >= 0.3 is 6.09 Å². The van der Waals surface area contributed by atoms with Crippen molar-refractivity contribution in [2.24, 2.45) is 11.7 Å².